The van der Waals surface area contributed by atoms with Gasteiger partial charge < -0.3 is 11.1 Å². The molecular formula is C14H13FN2O. The minimum absolute atomic E-state index is 0.281. The number of nitrogens with two attached hydrogens (primary N) is 1. The molecule has 0 aliphatic rings. The predicted molar refractivity (Wildman–Crippen MR) is 69.9 cm³/mol. The Labute approximate surface area is 104 Å². The summed E-state index contributed by atoms with van der Waals surface area (Å²) in [7, 11) is 0. The van der Waals surface area contributed by atoms with E-state index in [1.165, 1.54) is 18.2 Å². The van der Waals surface area contributed by atoms with Gasteiger partial charge in [0, 0.05) is 5.56 Å². The van der Waals surface area contributed by atoms with Gasteiger partial charge in [-0.1, -0.05) is 18.2 Å². The molecule has 2 aromatic rings. The largest absolute Gasteiger partial charge is 0.397 e. The first kappa shape index (κ1) is 12.1. The molecule has 0 atom stereocenters. The minimum atomic E-state index is -0.440. The molecule has 3 nitrogen and oxygen atoms in total. The van der Waals surface area contributed by atoms with Gasteiger partial charge in [0.05, 0.1) is 11.4 Å². The number of nitrogens with one attached hydrogen (secondary N) is 1. The zero-order valence-electron chi connectivity index (χ0n) is 9.91. The van der Waals surface area contributed by atoms with Crippen LogP contribution in [-0.4, -0.2) is 5.91 Å². The first-order valence-electron chi connectivity index (χ1n) is 5.50. The van der Waals surface area contributed by atoms with E-state index in [1.54, 1.807) is 12.1 Å². The molecule has 1 amide bonds. The number of carbonyl (C=O) groups excluding carboxylic acids is 1. The van der Waals surface area contributed by atoms with Gasteiger partial charge in [-0.2, -0.15) is 0 Å². The van der Waals surface area contributed by atoms with Gasteiger partial charge in [0.15, 0.2) is 0 Å². The summed E-state index contributed by atoms with van der Waals surface area (Å²) in [4.78, 5) is 12.0. The van der Waals surface area contributed by atoms with Crippen LogP contribution in [0.25, 0.3) is 0 Å². The third kappa shape index (κ3) is 2.48. The summed E-state index contributed by atoms with van der Waals surface area (Å²) < 4.78 is 13.1. The fourth-order valence-electron chi connectivity index (χ4n) is 1.65. The summed E-state index contributed by atoms with van der Waals surface area (Å²) >= 11 is 0. The monoisotopic (exact) mass is 244 g/mol. The van der Waals surface area contributed by atoms with Crippen LogP contribution in [0.15, 0.2) is 42.5 Å². The number of benzene rings is 2. The summed E-state index contributed by atoms with van der Waals surface area (Å²) in [6, 6.07) is 11.0. The van der Waals surface area contributed by atoms with Crippen LogP contribution in [0.4, 0.5) is 15.8 Å². The van der Waals surface area contributed by atoms with Crippen LogP contribution in [0.2, 0.25) is 0 Å². The Morgan fingerprint density at radius 3 is 2.67 bits per heavy atom. The predicted octanol–water partition coefficient (Wildman–Crippen LogP) is 2.97. The highest BCUT2D eigenvalue weighted by molar-refractivity contribution is 6.06. The standard InChI is InChI=1S/C14H13FN2O/c1-9-4-2-3-5-11(9)14(18)17-13-8-10(15)6-7-12(13)16/h2-8H,16H2,1H3,(H,17,18). The molecule has 0 unspecified atom stereocenters. The van der Waals surface area contributed by atoms with Gasteiger partial charge in [0.1, 0.15) is 5.82 Å². The lowest BCUT2D eigenvalue weighted by Gasteiger charge is -2.09. The lowest BCUT2D eigenvalue weighted by molar-refractivity contribution is 0.102. The van der Waals surface area contributed by atoms with E-state index >= 15 is 0 Å². The van der Waals surface area contributed by atoms with Gasteiger partial charge in [-0.05, 0) is 36.8 Å². The SMILES string of the molecule is Cc1ccccc1C(=O)Nc1cc(F)ccc1N. The molecule has 0 bridgehead atoms. The van der Waals surface area contributed by atoms with Crippen LogP contribution in [0, 0.1) is 12.7 Å². The Balaban J connectivity index is 2.27. The molecule has 3 N–H and O–H groups in total. The number of rotatable bonds is 2. The van der Waals surface area contributed by atoms with E-state index in [-0.39, 0.29) is 11.6 Å². The number of hydrogen-bond donors (Lipinski definition) is 2. The molecule has 0 aromatic heterocycles. The topological polar surface area (TPSA) is 55.1 Å². The highest BCUT2D eigenvalue weighted by Gasteiger charge is 2.10. The number of amides is 1. The second-order valence-electron chi connectivity index (χ2n) is 4.00. The Morgan fingerprint density at radius 1 is 1.22 bits per heavy atom. The molecule has 18 heavy (non-hydrogen) atoms. The molecule has 92 valence electrons. The normalized spacial score (nSPS) is 10.1. The second kappa shape index (κ2) is 4.87. The Morgan fingerprint density at radius 2 is 1.94 bits per heavy atom. The average Bonchev–Trinajstić information content (AvgIpc) is 2.34. The summed E-state index contributed by atoms with van der Waals surface area (Å²) in [5.74, 6) is -0.741. The van der Waals surface area contributed by atoms with Crippen LogP contribution in [0.1, 0.15) is 15.9 Å². The van der Waals surface area contributed by atoms with Crippen molar-refractivity contribution in [2.75, 3.05) is 11.1 Å². The lowest BCUT2D eigenvalue weighted by atomic mass is 10.1. The molecule has 4 heteroatoms. The van der Waals surface area contributed by atoms with Crippen molar-refractivity contribution in [1.82, 2.24) is 0 Å². The van der Waals surface area contributed by atoms with Gasteiger partial charge in [-0.3, -0.25) is 4.79 Å². The first-order valence-corrected chi connectivity index (χ1v) is 5.50. The number of carbonyl (C=O) groups is 1. The van der Waals surface area contributed by atoms with Crippen molar-refractivity contribution in [2.45, 2.75) is 6.92 Å². The fraction of sp³-hybridized carbons (Fsp3) is 0.0714. The van der Waals surface area contributed by atoms with Crippen LogP contribution in [0.3, 0.4) is 0 Å². The molecular weight excluding hydrogens is 231 g/mol. The van der Waals surface area contributed by atoms with Gasteiger partial charge >= 0.3 is 0 Å². The van der Waals surface area contributed by atoms with E-state index in [1.807, 2.05) is 19.1 Å². The molecule has 0 spiro atoms. The quantitative estimate of drug-likeness (QED) is 0.798. The van der Waals surface area contributed by atoms with E-state index in [4.69, 9.17) is 5.73 Å². The van der Waals surface area contributed by atoms with Crippen molar-refractivity contribution in [2.24, 2.45) is 0 Å². The zero-order valence-corrected chi connectivity index (χ0v) is 9.91. The number of hydrogen-bond acceptors (Lipinski definition) is 2. The smallest absolute Gasteiger partial charge is 0.255 e. The van der Waals surface area contributed by atoms with Crippen LogP contribution in [0.5, 0.6) is 0 Å². The molecule has 0 aliphatic carbocycles. The number of halogens is 1. The Hall–Kier alpha value is -2.36. The van der Waals surface area contributed by atoms with Crippen LogP contribution >= 0.6 is 0 Å². The highest BCUT2D eigenvalue weighted by Crippen LogP contribution is 2.20. The molecule has 2 aromatic carbocycles. The molecule has 0 saturated carbocycles. The van der Waals surface area contributed by atoms with E-state index in [0.29, 0.717) is 11.3 Å². The zero-order chi connectivity index (χ0) is 13.1. The van der Waals surface area contributed by atoms with Gasteiger partial charge in [-0.25, -0.2) is 4.39 Å². The highest BCUT2D eigenvalue weighted by atomic mass is 19.1. The van der Waals surface area contributed by atoms with Gasteiger partial charge in [0.25, 0.3) is 5.91 Å². The lowest BCUT2D eigenvalue weighted by Crippen LogP contribution is -2.14. The van der Waals surface area contributed by atoms with E-state index < -0.39 is 5.82 Å². The van der Waals surface area contributed by atoms with Crippen molar-refractivity contribution in [3.05, 3.63) is 59.4 Å². The summed E-state index contributed by atoms with van der Waals surface area (Å²) in [6.07, 6.45) is 0. The molecule has 0 saturated heterocycles. The molecule has 0 radical (unpaired) electrons. The van der Waals surface area contributed by atoms with Crippen molar-refractivity contribution < 1.29 is 9.18 Å². The molecule has 0 fully saturated rings. The molecule has 0 aliphatic heterocycles. The van der Waals surface area contributed by atoms with E-state index in [2.05, 4.69) is 5.32 Å². The fourth-order valence-corrected chi connectivity index (χ4v) is 1.65. The second-order valence-corrected chi connectivity index (χ2v) is 4.00. The minimum Gasteiger partial charge on any atom is -0.397 e. The molecule has 0 heterocycles. The Kier molecular flexibility index (Phi) is 3.28. The van der Waals surface area contributed by atoms with Gasteiger partial charge in [0.2, 0.25) is 0 Å². The van der Waals surface area contributed by atoms with E-state index in [9.17, 15) is 9.18 Å². The maximum Gasteiger partial charge on any atom is 0.255 e. The van der Waals surface area contributed by atoms with Gasteiger partial charge in [-0.15, -0.1) is 0 Å². The van der Waals surface area contributed by atoms with Crippen LogP contribution in [-0.2, 0) is 0 Å². The number of anilines is 2. The maximum absolute atomic E-state index is 13.1. The van der Waals surface area contributed by atoms with Crippen LogP contribution < -0.4 is 11.1 Å². The van der Waals surface area contributed by atoms with Crippen molar-refractivity contribution in [3.8, 4) is 0 Å². The average molecular weight is 244 g/mol. The maximum atomic E-state index is 13.1. The Bertz CT molecular complexity index is 596. The van der Waals surface area contributed by atoms with Crippen molar-refractivity contribution >= 4 is 17.3 Å². The first-order chi connectivity index (χ1) is 8.58. The summed E-state index contributed by atoms with van der Waals surface area (Å²) in [5, 5.41) is 2.60. The third-order valence-electron chi connectivity index (χ3n) is 2.65. The van der Waals surface area contributed by atoms with E-state index in [0.717, 1.165) is 5.56 Å². The summed E-state index contributed by atoms with van der Waals surface area (Å²) in [5.41, 5.74) is 7.68. The summed E-state index contributed by atoms with van der Waals surface area (Å²) in [6.45, 7) is 1.84. The van der Waals surface area contributed by atoms with Crippen molar-refractivity contribution in [1.29, 1.82) is 0 Å². The third-order valence-corrected chi connectivity index (χ3v) is 2.65. The molecule has 2 rings (SSSR count). The van der Waals surface area contributed by atoms with Crippen molar-refractivity contribution in [3.63, 3.8) is 0 Å². The number of nitrogen functional groups attached to an aromatic ring is 1. The number of aryl methyl sites for hydroxylation is 1.